The van der Waals surface area contributed by atoms with Crippen LogP contribution in [0.15, 0.2) is 76.2 Å². The van der Waals surface area contributed by atoms with E-state index in [1.54, 1.807) is 55.6 Å². The molecular weight excluding hydrogens is 404 g/mol. The Kier molecular flexibility index (Phi) is 6.91. The number of carbonyl (C=O) groups excluding carboxylic acids is 1. The third-order valence-electron chi connectivity index (χ3n) is 4.49. The first kappa shape index (κ1) is 21.6. The first-order valence-electron chi connectivity index (χ1n) is 9.50. The van der Waals surface area contributed by atoms with Crippen molar-refractivity contribution in [2.45, 2.75) is 24.9 Å². The number of hydrogen-bond acceptors (Lipinski definition) is 5. The summed E-state index contributed by atoms with van der Waals surface area (Å²) in [6.07, 6.45) is 1.51. The number of nitrogens with zero attached hydrogens (tertiary/aromatic N) is 1. The minimum atomic E-state index is -3.80. The molecule has 0 aliphatic carbocycles. The molecule has 1 aromatic heterocycles. The minimum absolute atomic E-state index is 0.0831. The number of furan rings is 1. The van der Waals surface area contributed by atoms with Gasteiger partial charge in [0.05, 0.1) is 24.3 Å². The number of benzene rings is 2. The lowest BCUT2D eigenvalue weighted by Gasteiger charge is -2.22. The van der Waals surface area contributed by atoms with E-state index in [0.29, 0.717) is 23.7 Å². The van der Waals surface area contributed by atoms with Gasteiger partial charge in [-0.1, -0.05) is 12.1 Å². The maximum Gasteiger partial charge on any atom is 0.251 e. The van der Waals surface area contributed by atoms with Gasteiger partial charge in [0.25, 0.3) is 5.91 Å². The number of carbonyl (C=O) groups is 1. The number of rotatable bonds is 9. The van der Waals surface area contributed by atoms with Crippen molar-refractivity contribution in [1.29, 1.82) is 0 Å². The molecule has 1 heterocycles. The Hall–Kier alpha value is -3.10. The highest BCUT2D eigenvalue weighted by atomic mass is 32.2. The average Bonchev–Trinajstić information content (AvgIpc) is 3.27. The van der Waals surface area contributed by atoms with Crippen molar-refractivity contribution in [3.63, 3.8) is 0 Å². The smallest absolute Gasteiger partial charge is 0.251 e. The van der Waals surface area contributed by atoms with Gasteiger partial charge in [-0.2, -0.15) is 4.31 Å². The first-order valence-corrected chi connectivity index (χ1v) is 10.9. The molecule has 30 heavy (non-hydrogen) atoms. The van der Waals surface area contributed by atoms with E-state index in [4.69, 9.17) is 9.15 Å². The monoisotopic (exact) mass is 428 g/mol. The van der Waals surface area contributed by atoms with Crippen LogP contribution in [0.2, 0.25) is 0 Å². The summed E-state index contributed by atoms with van der Waals surface area (Å²) in [5.41, 5.74) is 1.26. The molecule has 158 valence electrons. The molecule has 7 nitrogen and oxygen atoms in total. The first-order chi connectivity index (χ1) is 14.4. The van der Waals surface area contributed by atoms with E-state index in [1.165, 1.54) is 22.7 Å². The van der Waals surface area contributed by atoms with E-state index >= 15 is 0 Å². The summed E-state index contributed by atoms with van der Waals surface area (Å²) in [6, 6.07) is 16.6. The molecule has 0 spiro atoms. The van der Waals surface area contributed by atoms with Crippen LogP contribution in [0, 0.1) is 0 Å². The van der Waals surface area contributed by atoms with Gasteiger partial charge in [-0.3, -0.25) is 4.79 Å². The second-order valence-corrected chi connectivity index (χ2v) is 8.47. The highest BCUT2D eigenvalue weighted by Crippen LogP contribution is 2.23. The summed E-state index contributed by atoms with van der Waals surface area (Å²) in [5.74, 6) is 0.946. The van der Waals surface area contributed by atoms with Crippen LogP contribution < -0.4 is 10.1 Å². The molecular formula is C22H24N2O5S. The van der Waals surface area contributed by atoms with Crippen molar-refractivity contribution in [3.05, 3.63) is 83.8 Å². The van der Waals surface area contributed by atoms with Crippen LogP contribution in [0.3, 0.4) is 0 Å². The van der Waals surface area contributed by atoms with Crippen molar-refractivity contribution in [1.82, 2.24) is 9.62 Å². The molecule has 3 rings (SSSR count). The topological polar surface area (TPSA) is 88.9 Å². The molecule has 0 radical (unpaired) electrons. The predicted molar refractivity (Wildman–Crippen MR) is 113 cm³/mol. The van der Waals surface area contributed by atoms with E-state index in [0.717, 1.165) is 5.56 Å². The molecule has 0 aliphatic rings. The lowest BCUT2D eigenvalue weighted by molar-refractivity contribution is 0.0963. The van der Waals surface area contributed by atoms with Crippen LogP contribution in [0.5, 0.6) is 5.75 Å². The molecule has 8 heteroatoms. The van der Waals surface area contributed by atoms with Gasteiger partial charge in [0.2, 0.25) is 10.0 Å². The van der Waals surface area contributed by atoms with E-state index in [1.807, 2.05) is 6.92 Å². The molecule has 0 unspecified atom stereocenters. The van der Waals surface area contributed by atoms with Crippen molar-refractivity contribution >= 4 is 15.9 Å². The standard InChI is InChI=1S/C22H24N2O5S/c1-3-28-19-10-12-21(13-11-19)30(26,27)24(16-20-5-4-14-29-20)15-17-6-8-18(9-7-17)22(25)23-2/h4-14H,3,15-16H2,1-2H3,(H,23,25). The van der Waals surface area contributed by atoms with Gasteiger partial charge in [0.15, 0.2) is 0 Å². The van der Waals surface area contributed by atoms with Gasteiger partial charge in [0.1, 0.15) is 11.5 Å². The van der Waals surface area contributed by atoms with Crippen molar-refractivity contribution < 1.29 is 22.4 Å². The van der Waals surface area contributed by atoms with Crippen LogP contribution in [0.4, 0.5) is 0 Å². The Morgan fingerprint density at radius 1 is 1.03 bits per heavy atom. The van der Waals surface area contributed by atoms with Crippen LogP contribution >= 0.6 is 0 Å². The summed E-state index contributed by atoms with van der Waals surface area (Å²) in [4.78, 5) is 11.9. The largest absolute Gasteiger partial charge is 0.494 e. The van der Waals surface area contributed by atoms with Crippen LogP contribution in [-0.4, -0.2) is 32.3 Å². The minimum Gasteiger partial charge on any atom is -0.494 e. The van der Waals surface area contributed by atoms with Crippen molar-refractivity contribution in [3.8, 4) is 5.75 Å². The van der Waals surface area contributed by atoms with Crippen molar-refractivity contribution in [2.75, 3.05) is 13.7 Å². The van der Waals surface area contributed by atoms with Gasteiger partial charge in [0, 0.05) is 19.2 Å². The summed E-state index contributed by atoms with van der Waals surface area (Å²) < 4.78 is 38.8. The summed E-state index contributed by atoms with van der Waals surface area (Å²) in [7, 11) is -2.24. The fraction of sp³-hybridized carbons (Fsp3) is 0.227. The summed E-state index contributed by atoms with van der Waals surface area (Å²) >= 11 is 0. The quantitative estimate of drug-likeness (QED) is 0.564. The maximum atomic E-state index is 13.3. The molecule has 0 aliphatic heterocycles. The molecule has 0 saturated carbocycles. The highest BCUT2D eigenvalue weighted by Gasteiger charge is 2.26. The Morgan fingerprint density at radius 2 is 1.73 bits per heavy atom. The Balaban J connectivity index is 1.88. The Morgan fingerprint density at radius 3 is 2.30 bits per heavy atom. The lowest BCUT2D eigenvalue weighted by Crippen LogP contribution is -2.30. The van der Waals surface area contributed by atoms with E-state index in [-0.39, 0.29) is 23.9 Å². The number of amides is 1. The van der Waals surface area contributed by atoms with Crippen LogP contribution in [0.25, 0.3) is 0 Å². The third-order valence-corrected chi connectivity index (χ3v) is 6.29. The fourth-order valence-electron chi connectivity index (χ4n) is 2.94. The molecule has 1 N–H and O–H groups in total. The highest BCUT2D eigenvalue weighted by molar-refractivity contribution is 7.89. The second kappa shape index (κ2) is 9.60. The van der Waals surface area contributed by atoms with Crippen LogP contribution in [-0.2, 0) is 23.1 Å². The van der Waals surface area contributed by atoms with Crippen molar-refractivity contribution in [2.24, 2.45) is 0 Å². The van der Waals surface area contributed by atoms with E-state index < -0.39 is 10.0 Å². The molecule has 0 fully saturated rings. The van der Waals surface area contributed by atoms with Crippen LogP contribution in [0.1, 0.15) is 28.6 Å². The molecule has 2 aromatic carbocycles. The fourth-order valence-corrected chi connectivity index (χ4v) is 4.33. The van der Waals surface area contributed by atoms with E-state index in [2.05, 4.69) is 5.32 Å². The van der Waals surface area contributed by atoms with Gasteiger partial charge >= 0.3 is 0 Å². The number of ether oxygens (including phenoxy) is 1. The predicted octanol–water partition coefficient (Wildman–Crippen LogP) is 3.43. The molecule has 0 atom stereocenters. The molecule has 0 saturated heterocycles. The zero-order valence-corrected chi connectivity index (χ0v) is 17.7. The van der Waals surface area contributed by atoms with Gasteiger partial charge in [-0.05, 0) is 61.0 Å². The Bertz CT molecular complexity index is 1060. The number of nitrogens with one attached hydrogen (secondary N) is 1. The maximum absolute atomic E-state index is 13.3. The molecule has 1 amide bonds. The summed E-state index contributed by atoms with van der Waals surface area (Å²) in [6.45, 7) is 2.58. The lowest BCUT2D eigenvalue weighted by atomic mass is 10.1. The molecule has 3 aromatic rings. The van der Waals surface area contributed by atoms with E-state index in [9.17, 15) is 13.2 Å². The normalized spacial score (nSPS) is 11.4. The zero-order chi connectivity index (χ0) is 21.6. The van der Waals surface area contributed by atoms with Gasteiger partial charge < -0.3 is 14.5 Å². The number of sulfonamides is 1. The number of hydrogen-bond donors (Lipinski definition) is 1. The average molecular weight is 429 g/mol. The molecule has 0 bridgehead atoms. The Labute approximate surface area is 176 Å². The van der Waals surface area contributed by atoms with Gasteiger partial charge in [-0.15, -0.1) is 0 Å². The summed E-state index contributed by atoms with van der Waals surface area (Å²) in [5, 5.41) is 2.56. The third kappa shape index (κ3) is 5.08. The SMILES string of the molecule is CCOc1ccc(S(=O)(=O)N(Cc2ccc(C(=O)NC)cc2)Cc2ccco2)cc1. The second-order valence-electron chi connectivity index (χ2n) is 6.53. The zero-order valence-electron chi connectivity index (χ0n) is 16.9. The van der Waals surface area contributed by atoms with Gasteiger partial charge in [-0.25, -0.2) is 8.42 Å².